The van der Waals surface area contributed by atoms with Crippen molar-refractivity contribution in [3.8, 4) is 0 Å². The van der Waals surface area contributed by atoms with Crippen molar-refractivity contribution in [2.75, 3.05) is 24.3 Å². The summed E-state index contributed by atoms with van der Waals surface area (Å²) >= 11 is 0. The zero-order valence-electron chi connectivity index (χ0n) is 9.68. The summed E-state index contributed by atoms with van der Waals surface area (Å²) in [5.74, 6) is 0.944. The molecule has 17 heavy (non-hydrogen) atoms. The van der Waals surface area contributed by atoms with E-state index in [1.54, 1.807) is 49.6 Å². The lowest BCUT2D eigenvalue weighted by Gasteiger charge is -2.18. The van der Waals surface area contributed by atoms with E-state index in [-0.39, 0.29) is 5.82 Å². The predicted molar refractivity (Wildman–Crippen MR) is 66.0 cm³/mol. The van der Waals surface area contributed by atoms with Crippen LogP contribution in [0.5, 0.6) is 0 Å². The number of benzene rings is 1. The van der Waals surface area contributed by atoms with E-state index in [4.69, 9.17) is 0 Å². The van der Waals surface area contributed by atoms with Crippen LogP contribution in [0.2, 0.25) is 0 Å². The van der Waals surface area contributed by atoms with Crippen molar-refractivity contribution in [1.29, 1.82) is 0 Å². The summed E-state index contributed by atoms with van der Waals surface area (Å²) in [6.07, 6.45) is 3.20. The third-order valence-electron chi connectivity index (χ3n) is 2.44. The lowest BCUT2D eigenvalue weighted by Crippen LogP contribution is -2.13. The van der Waals surface area contributed by atoms with E-state index in [0.29, 0.717) is 17.3 Å². The topological polar surface area (TPSA) is 41.1 Å². The Bertz CT molecular complexity index is 515. The van der Waals surface area contributed by atoms with Gasteiger partial charge in [-0.2, -0.15) is 0 Å². The van der Waals surface area contributed by atoms with Gasteiger partial charge in [-0.3, -0.25) is 4.98 Å². The number of nitrogens with one attached hydrogen (secondary N) is 1. The molecule has 0 aliphatic carbocycles. The highest BCUT2D eigenvalue weighted by molar-refractivity contribution is 5.60. The number of rotatable bonds is 3. The Labute approximate surface area is 99.1 Å². The van der Waals surface area contributed by atoms with E-state index in [9.17, 15) is 4.39 Å². The molecule has 1 aromatic carbocycles. The summed E-state index contributed by atoms with van der Waals surface area (Å²) in [5, 5.41) is 2.89. The van der Waals surface area contributed by atoms with Crippen molar-refractivity contribution in [3.63, 3.8) is 0 Å². The molecule has 0 aliphatic rings. The maximum Gasteiger partial charge on any atom is 0.153 e. The number of aromatic nitrogens is 2. The van der Waals surface area contributed by atoms with E-state index in [2.05, 4.69) is 15.3 Å². The lowest BCUT2D eigenvalue weighted by molar-refractivity contribution is 0.627. The van der Waals surface area contributed by atoms with Gasteiger partial charge in [0.05, 0.1) is 18.1 Å². The summed E-state index contributed by atoms with van der Waals surface area (Å²) in [4.78, 5) is 9.99. The average molecular weight is 232 g/mol. The van der Waals surface area contributed by atoms with E-state index >= 15 is 0 Å². The second-order valence-electron chi connectivity index (χ2n) is 3.52. The SMILES string of the molecule is CNc1cncc(N(C)c2ccccc2F)n1. The van der Waals surface area contributed by atoms with E-state index < -0.39 is 0 Å². The Morgan fingerprint density at radius 3 is 2.71 bits per heavy atom. The maximum absolute atomic E-state index is 13.6. The predicted octanol–water partition coefficient (Wildman–Crippen LogP) is 2.43. The van der Waals surface area contributed by atoms with Crippen molar-refractivity contribution in [2.45, 2.75) is 0 Å². The van der Waals surface area contributed by atoms with E-state index in [1.807, 2.05) is 0 Å². The second kappa shape index (κ2) is 4.78. The maximum atomic E-state index is 13.6. The molecule has 0 aliphatic heterocycles. The molecule has 0 spiro atoms. The van der Waals surface area contributed by atoms with Gasteiger partial charge in [-0.15, -0.1) is 0 Å². The quantitative estimate of drug-likeness (QED) is 0.882. The number of nitrogens with zero attached hydrogens (tertiary/aromatic N) is 3. The van der Waals surface area contributed by atoms with Crippen LogP contribution in [-0.4, -0.2) is 24.1 Å². The Morgan fingerprint density at radius 1 is 1.24 bits per heavy atom. The Balaban J connectivity index is 2.37. The van der Waals surface area contributed by atoms with Crippen LogP contribution in [0.1, 0.15) is 0 Å². The fourth-order valence-electron chi connectivity index (χ4n) is 1.48. The molecule has 2 aromatic rings. The summed E-state index contributed by atoms with van der Waals surface area (Å²) in [6.45, 7) is 0. The van der Waals surface area contributed by atoms with Crippen molar-refractivity contribution < 1.29 is 4.39 Å². The van der Waals surface area contributed by atoms with Crippen molar-refractivity contribution >= 4 is 17.3 Å². The van der Waals surface area contributed by atoms with Gasteiger partial charge in [0.1, 0.15) is 11.6 Å². The molecule has 0 fully saturated rings. The summed E-state index contributed by atoms with van der Waals surface area (Å²) in [6, 6.07) is 6.55. The summed E-state index contributed by atoms with van der Waals surface area (Å²) < 4.78 is 13.6. The van der Waals surface area contributed by atoms with Gasteiger partial charge in [0.25, 0.3) is 0 Å². The number of anilines is 3. The zero-order chi connectivity index (χ0) is 12.3. The fourth-order valence-corrected chi connectivity index (χ4v) is 1.48. The van der Waals surface area contributed by atoms with Gasteiger partial charge in [-0.05, 0) is 12.1 Å². The van der Waals surface area contributed by atoms with Crippen LogP contribution in [0.15, 0.2) is 36.7 Å². The van der Waals surface area contributed by atoms with Gasteiger partial charge in [0, 0.05) is 14.1 Å². The van der Waals surface area contributed by atoms with Crippen LogP contribution in [0.25, 0.3) is 0 Å². The van der Waals surface area contributed by atoms with Crippen LogP contribution in [0.4, 0.5) is 21.7 Å². The molecular weight excluding hydrogens is 219 g/mol. The third-order valence-corrected chi connectivity index (χ3v) is 2.44. The monoisotopic (exact) mass is 232 g/mol. The highest BCUT2D eigenvalue weighted by Crippen LogP contribution is 2.24. The molecule has 0 unspecified atom stereocenters. The second-order valence-corrected chi connectivity index (χ2v) is 3.52. The van der Waals surface area contributed by atoms with Gasteiger partial charge >= 0.3 is 0 Å². The first-order chi connectivity index (χ1) is 8.22. The van der Waals surface area contributed by atoms with E-state index in [1.165, 1.54) is 6.07 Å². The minimum Gasteiger partial charge on any atom is -0.372 e. The normalized spacial score (nSPS) is 10.1. The number of halogens is 1. The van der Waals surface area contributed by atoms with Gasteiger partial charge in [-0.25, -0.2) is 9.37 Å². The minimum absolute atomic E-state index is 0.285. The highest BCUT2D eigenvalue weighted by atomic mass is 19.1. The molecule has 0 atom stereocenters. The molecule has 5 heteroatoms. The van der Waals surface area contributed by atoms with Gasteiger partial charge < -0.3 is 10.2 Å². The third kappa shape index (κ3) is 2.33. The number of para-hydroxylation sites is 1. The average Bonchev–Trinajstić information content (AvgIpc) is 2.38. The molecule has 1 N–H and O–H groups in total. The number of hydrogen-bond acceptors (Lipinski definition) is 4. The smallest absolute Gasteiger partial charge is 0.153 e. The highest BCUT2D eigenvalue weighted by Gasteiger charge is 2.10. The molecule has 0 saturated carbocycles. The van der Waals surface area contributed by atoms with Crippen LogP contribution >= 0.6 is 0 Å². The first-order valence-corrected chi connectivity index (χ1v) is 5.20. The van der Waals surface area contributed by atoms with Crippen LogP contribution in [0, 0.1) is 5.82 Å². The zero-order valence-corrected chi connectivity index (χ0v) is 9.68. The number of hydrogen-bond donors (Lipinski definition) is 1. The minimum atomic E-state index is -0.285. The molecule has 0 saturated heterocycles. The molecule has 0 amide bonds. The first-order valence-electron chi connectivity index (χ1n) is 5.20. The van der Waals surface area contributed by atoms with E-state index in [0.717, 1.165) is 0 Å². The van der Waals surface area contributed by atoms with Crippen LogP contribution in [-0.2, 0) is 0 Å². The molecule has 1 heterocycles. The van der Waals surface area contributed by atoms with Crippen LogP contribution in [0.3, 0.4) is 0 Å². The van der Waals surface area contributed by atoms with Gasteiger partial charge in [-0.1, -0.05) is 12.1 Å². The van der Waals surface area contributed by atoms with Crippen LogP contribution < -0.4 is 10.2 Å². The fraction of sp³-hybridized carbons (Fsp3) is 0.167. The first kappa shape index (κ1) is 11.3. The Hall–Kier alpha value is -2.17. The molecular formula is C12H13FN4. The Kier molecular flexibility index (Phi) is 3.18. The van der Waals surface area contributed by atoms with Crippen molar-refractivity contribution in [3.05, 3.63) is 42.5 Å². The van der Waals surface area contributed by atoms with Gasteiger partial charge in [0.15, 0.2) is 5.82 Å². The van der Waals surface area contributed by atoms with Gasteiger partial charge in [0.2, 0.25) is 0 Å². The Morgan fingerprint density at radius 2 is 2.00 bits per heavy atom. The largest absolute Gasteiger partial charge is 0.372 e. The lowest BCUT2D eigenvalue weighted by atomic mass is 10.3. The summed E-state index contributed by atoms with van der Waals surface area (Å²) in [7, 11) is 3.51. The molecule has 0 bridgehead atoms. The summed E-state index contributed by atoms with van der Waals surface area (Å²) in [5.41, 5.74) is 0.468. The standard InChI is InChI=1S/C12H13FN4/c1-14-11-7-15-8-12(16-11)17(2)10-6-4-3-5-9(10)13/h3-8H,1-2H3,(H,14,16). The molecule has 4 nitrogen and oxygen atoms in total. The molecule has 0 radical (unpaired) electrons. The molecule has 88 valence electrons. The molecule has 2 rings (SSSR count). The molecule has 1 aromatic heterocycles. The van der Waals surface area contributed by atoms with Crippen molar-refractivity contribution in [2.24, 2.45) is 0 Å². The van der Waals surface area contributed by atoms with Crippen molar-refractivity contribution in [1.82, 2.24) is 9.97 Å².